The SMILES string of the molecule is NCCN1C(=O)CC[C@H]2CN(C(=O)C=Cc3ccccc3)CC[C@H]21. The van der Waals surface area contributed by atoms with Crippen LogP contribution >= 0.6 is 0 Å². The van der Waals surface area contributed by atoms with E-state index in [4.69, 9.17) is 5.73 Å². The van der Waals surface area contributed by atoms with E-state index < -0.39 is 0 Å². The van der Waals surface area contributed by atoms with Crippen LogP contribution in [0.1, 0.15) is 24.8 Å². The fourth-order valence-electron chi connectivity index (χ4n) is 3.82. The third-order valence-electron chi connectivity index (χ3n) is 5.04. The van der Waals surface area contributed by atoms with Gasteiger partial charge in [-0.3, -0.25) is 9.59 Å². The lowest BCUT2D eigenvalue weighted by Gasteiger charge is -2.46. The number of nitrogens with zero attached hydrogens (tertiary/aromatic N) is 2. The molecule has 0 unspecified atom stereocenters. The Morgan fingerprint density at radius 1 is 1.25 bits per heavy atom. The molecular weight excluding hydrogens is 302 g/mol. The van der Waals surface area contributed by atoms with Crippen molar-refractivity contribution in [3.05, 3.63) is 42.0 Å². The molecular formula is C19H25N3O2. The highest BCUT2D eigenvalue weighted by Gasteiger charge is 2.39. The van der Waals surface area contributed by atoms with E-state index in [2.05, 4.69) is 0 Å². The quantitative estimate of drug-likeness (QED) is 0.852. The molecule has 1 aromatic carbocycles. The van der Waals surface area contributed by atoms with Gasteiger partial charge in [-0.05, 0) is 30.4 Å². The highest BCUT2D eigenvalue weighted by atomic mass is 16.2. The van der Waals surface area contributed by atoms with Gasteiger partial charge in [-0.25, -0.2) is 0 Å². The van der Waals surface area contributed by atoms with Crippen LogP contribution in [0.5, 0.6) is 0 Å². The smallest absolute Gasteiger partial charge is 0.246 e. The van der Waals surface area contributed by atoms with E-state index in [-0.39, 0.29) is 17.9 Å². The largest absolute Gasteiger partial charge is 0.339 e. The zero-order valence-electron chi connectivity index (χ0n) is 13.9. The van der Waals surface area contributed by atoms with Gasteiger partial charge in [0.15, 0.2) is 0 Å². The summed E-state index contributed by atoms with van der Waals surface area (Å²) >= 11 is 0. The average Bonchev–Trinajstić information content (AvgIpc) is 2.62. The van der Waals surface area contributed by atoms with Gasteiger partial charge < -0.3 is 15.5 Å². The highest BCUT2D eigenvalue weighted by Crippen LogP contribution is 2.31. The number of nitrogens with two attached hydrogens (primary N) is 1. The lowest BCUT2D eigenvalue weighted by molar-refractivity contribution is -0.142. The Morgan fingerprint density at radius 2 is 2.04 bits per heavy atom. The minimum atomic E-state index is 0.0552. The molecule has 0 aliphatic carbocycles. The average molecular weight is 327 g/mol. The number of benzene rings is 1. The van der Waals surface area contributed by atoms with E-state index in [0.29, 0.717) is 32.0 Å². The van der Waals surface area contributed by atoms with E-state index in [9.17, 15) is 9.59 Å². The molecule has 1 aromatic rings. The summed E-state index contributed by atoms with van der Waals surface area (Å²) in [6.45, 7) is 2.56. The van der Waals surface area contributed by atoms with E-state index in [1.165, 1.54) is 0 Å². The van der Waals surface area contributed by atoms with Gasteiger partial charge >= 0.3 is 0 Å². The maximum Gasteiger partial charge on any atom is 0.246 e. The van der Waals surface area contributed by atoms with Crippen LogP contribution in [-0.4, -0.2) is 53.8 Å². The van der Waals surface area contributed by atoms with Crippen molar-refractivity contribution in [2.45, 2.75) is 25.3 Å². The number of carbonyl (C=O) groups is 2. The summed E-state index contributed by atoms with van der Waals surface area (Å²) in [4.78, 5) is 28.4. The van der Waals surface area contributed by atoms with Gasteiger partial charge in [0.1, 0.15) is 0 Å². The number of amides is 2. The molecule has 2 fully saturated rings. The van der Waals surface area contributed by atoms with Crippen LogP contribution in [0.25, 0.3) is 6.08 Å². The van der Waals surface area contributed by atoms with Crippen LogP contribution in [0.2, 0.25) is 0 Å². The van der Waals surface area contributed by atoms with Gasteiger partial charge in [0.25, 0.3) is 0 Å². The third-order valence-corrected chi connectivity index (χ3v) is 5.04. The molecule has 2 atom stereocenters. The molecule has 2 heterocycles. The molecule has 2 aliphatic heterocycles. The molecule has 3 rings (SSSR count). The summed E-state index contributed by atoms with van der Waals surface area (Å²) in [6.07, 6.45) is 5.81. The fraction of sp³-hybridized carbons (Fsp3) is 0.474. The molecule has 2 saturated heterocycles. The summed E-state index contributed by atoms with van der Waals surface area (Å²) in [5.41, 5.74) is 6.67. The lowest BCUT2D eigenvalue weighted by atomic mass is 9.83. The predicted molar refractivity (Wildman–Crippen MR) is 94.0 cm³/mol. The van der Waals surface area contributed by atoms with E-state index in [1.54, 1.807) is 6.08 Å². The van der Waals surface area contributed by atoms with Gasteiger partial charge in [-0.1, -0.05) is 30.3 Å². The maximum atomic E-state index is 12.5. The van der Waals surface area contributed by atoms with Gasteiger partial charge in [-0.2, -0.15) is 0 Å². The first-order valence-corrected chi connectivity index (χ1v) is 8.70. The second kappa shape index (κ2) is 7.62. The van der Waals surface area contributed by atoms with Crippen LogP contribution in [0, 0.1) is 5.92 Å². The fourth-order valence-corrected chi connectivity index (χ4v) is 3.82. The van der Waals surface area contributed by atoms with Gasteiger partial charge in [-0.15, -0.1) is 0 Å². The van der Waals surface area contributed by atoms with Crippen LogP contribution in [0.3, 0.4) is 0 Å². The molecule has 24 heavy (non-hydrogen) atoms. The zero-order valence-corrected chi connectivity index (χ0v) is 13.9. The Morgan fingerprint density at radius 3 is 2.79 bits per heavy atom. The molecule has 2 aliphatic rings. The van der Waals surface area contributed by atoms with Gasteiger partial charge in [0, 0.05) is 44.7 Å². The van der Waals surface area contributed by atoms with Gasteiger partial charge in [0.2, 0.25) is 11.8 Å². The number of piperidine rings is 2. The van der Waals surface area contributed by atoms with Crippen molar-refractivity contribution in [2.75, 3.05) is 26.2 Å². The molecule has 0 spiro atoms. The summed E-state index contributed by atoms with van der Waals surface area (Å²) in [5.74, 6) is 0.641. The molecule has 2 N–H and O–H groups in total. The van der Waals surface area contributed by atoms with Crippen LogP contribution in [0.4, 0.5) is 0 Å². The predicted octanol–water partition coefficient (Wildman–Crippen LogP) is 1.50. The molecule has 128 valence electrons. The molecule has 0 aromatic heterocycles. The Labute approximate surface area is 143 Å². The van der Waals surface area contributed by atoms with Gasteiger partial charge in [0.05, 0.1) is 0 Å². The number of fused-ring (bicyclic) bond motifs is 1. The van der Waals surface area contributed by atoms with Crippen molar-refractivity contribution in [3.63, 3.8) is 0 Å². The normalized spacial score (nSPS) is 24.3. The summed E-state index contributed by atoms with van der Waals surface area (Å²) in [5, 5.41) is 0. The first-order chi connectivity index (χ1) is 11.7. The molecule has 5 heteroatoms. The maximum absolute atomic E-state index is 12.5. The van der Waals surface area contributed by atoms with Crippen molar-refractivity contribution in [1.29, 1.82) is 0 Å². The Kier molecular flexibility index (Phi) is 5.30. The van der Waals surface area contributed by atoms with Crippen molar-refractivity contribution < 1.29 is 9.59 Å². The van der Waals surface area contributed by atoms with Crippen molar-refractivity contribution in [1.82, 2.24) is 9.80 Å². The Bertz CT molecular complexity index is 614. The topological polar surface area (TPSA) is 66.6 Å². The lowest BCUT2D eigenvalue weighted by Crippen LogP contribution is -2.57. The van der Waals surface area contributed by atoms with Crippen molar-refractivity contribution in [3.8, 4) is 0 Å². The van der Waals surface area contributed by atoms with Crippen molar-refractivity contribution in [2.24, 2.45) is 11.7 Å². The number of hydrogen-bond acceptors (Lipinski definition) is 3. The standard InChI is InChI=1S/C19H25N3O2/c20-11-13-22-17-10-12-21(14-16(17)7-9-19(22)24)18(23)8-6-15-4-2-1-3-5-15/h1-6,8,16-17H,7,9-14,20H2/t16-,17+/m0/s1. The summed E-state index contributed by atoms with van der Waals surface area (Å²) in [6, 6.07) is 10.1. The van der Waals surface area contributed by atoms with E-state index in [0.717, 1.165) is 24.9 Å². The number of rotatable bonds is 4. The molecule has 0 radical (unpaired) electrons. The minimum absolute atomic E-state index is 0.0552. The van der Waals surface area contributed by atoms with E-state index in [1.807, 2.05) is 46.2 Å². The zero-order chi connectivity index (χ0) is 16.9. The first kappa shape index (κ1) is 16.7. The summed E-state index contributed by atoms with van der Waals surface area (Å²) < 4.78 is 0. The van der Waals surface area contributed by atoms with Crippen LogP contribution in [0.15, 0.2) is 36.4 Å². The number of likely N-dealkylation sites (tertiary alicyclic amines) is 2. The number of hydrogen-bond donors (Lipinski definition) is 1. The number of carbonyl (C=O) groups excluding carboxylic acids is 2. The Balaban J connectivity index is 1.61. The van der Waals surface area contributed by atoms with E-state index >= 15 is 0 Å². The molecule has 0 bridgehead atoms. The first-order valence-electron chi connectivity index (χ1n) is 8.70. The van der Waals surface area contributed by atoms with Crippen molar-refractivity contribution >= 4 is 17.9 Å². The van der Waals surface area contributed by atoms with Crippen LogP contribution < -0.4 is 5.73 Å². The molecule has 5 nitrogen and oxygen atoms in total. The molecule has 2 amide bonds. The minimum Gasteiger partial charge on any atom is -0.339 e. The van der Waals surface area contributed by atoms with Crippen LogP contribution in [-0.2, 0) is 9.59 Å². The second-order valence-electron chi connectivity index (χ2n) is 6.56. The third kappa shape index (κ3) is 3.67. The molecule has 0 saturated carbocycles. The Hall–Kier alpha value is -2.14. The summed E-state index contributed by atoms with van der Waals surface area (Å²) in [7, 11) is 0. The highest BCUT2D eigenvalue weighted by molar-refractivity contribution is 5.92. The second-order valence-corrected chi connectivity index (χ2v) is 6.56. The monoisotopic (exact) mass is 327 g/mol.